The quantitative estimate of drug-likeness (QED) is 0.233. The van der Waals surface area contributed by atoms with E-state index < -0.39 is 0 Å². The molecule has 0 atom stereocenters. The van der Waals surface area contributed by atoms with Crippen LogP contribution < -0.4 is 4.90 Å². The summed E-state index contributed by atoms with van der Waals surface area (Å²) in [6, 6.07) is 50.7. The maximum absolute atomic E-state index is 2.48. The standard InChI is InChI=1S/C36H23NS/c1-4-15-27-24(10-1)13-7-18-31(27)37(32-19-8-14-25-11-2-5-16-28(25)32)33-20-9-21-34-35(33)30-23-22-26-12-3-6-17-29(26)36(30)38-34/h1-23H. The van der Waals surface area contributed by atoms with Crippen molar-refractivity contribution in [2.75, 3.05) is 4.90 Å². The second-order valence-electron chi connectivity index (χ2n) is 9.75. The molecule has 0 saturated carbocycles. The molecule has 0 fully saturated rings. The van der Waals surface area contributed by atoms with Gasteiger partial charge in [0, 0.05) is 30.9 Å². The number of thiophene rings is 1. The van der Waals surface area contributed by atoms with Crippen LogP contribution in [-0.4, -0.2) is 0 Å². The summed E-state index contributed by atoms with van der Waals surface area (Å²) in [5.41, 5.74) is 3.58. The zero-order valence-corrected chi connectivity index (χ0v) is 21.5. The fourth-order valence-corrected chi connectivity index (χ4v) is 7.18. The van der Waals surface area contributed by atoms with Crippen molar-refractivity contribution in [3.8, 4) is 0 Å². The number of rotatable bonds is 3. The van der Waals surface area contributed by atoms with Crippen molar-refractivity contribution in [2.45, 2.75) is 0 Å². The van der Waals surface area contributed by atoms with Crippen molar-refractivity contribution in [1.29, 1.82) is 0 Å². The Hall–Kier alpha value is -4.66. The molecule has 0 spiro atoms. The highest BCUT2D eigenvalue weighted by Gasteiger charge is 2.21. The molecule has 0 aliphatic heterocycles. The monoisotopic (exact) mass is 501 g/mol. The molecule has 0 aliphatic carbocycles. The van der Waals surface area contributed by atoms with Crippen LogP contribution in [-0.2, 0) is 0 Å². The Morgan fingerprint density at radius 3 is 1.53 bits per heavy atom. The van der Waals surface area contributed by atoms with Crippen LogP contribution in [0.15, 0.2) is 140 Å². The number of fused-ring (bicyclic) bond motifs is 7. The van der Waals surface area contributed by atoms with Crippen LogP contribution in [0.2, 0.25) is 0 Å². The molecule has 0 saturated heterocycles. The second-order valence-corrected chi connectivity index (χ2v) is 10.8. The number of hydrogen-bond donors (Lipinski definition) is 0. The van der Waals surface area contributed by atoms with E-state index in [1.165, 1.54) is 69.6 Å². The Bertz CT molecular complexity index is 2060. The summed E-state index contributed by atoms with van der Waals surface area (Å²) in [6.45, 7) is 0. The van der Waals surface area contributed by atoms with E-state index in [-0.39, 0.29) is 0 Å². The van der Waals surface area contributed by atoms with Crippen molar-refractivity contribution in [3.05, 3.63) is 140 Å². The lowest BCUT2D eigenvalue weighted by Crippen LogP contribution is -2.11. The van der Waals surface area contributed by atoms with Crippen molar-refractivity contribution in [1.82, 2.24) is 0 Å². The summed E-state index contributed by atoms with van der Waals surface area (Å²) < 4.78 is 2.65. The minimum Gasteiger partial charge on any atom is -0.309 e. The molecule has 2 heteroatoms. The molecule has 0 aliphatic rings. The fourth-order valence-electron chi connectivity index (χ4n) is 5.92. The Morgan fingerprint density at radius 2 is 0.868 bits per heavy atom. The van der Waals surface area contributed by atoms with Gasteiger partial charge in [-0.05, 0) is 45.8 Å². The molecule has 38 heavy (non-hydrogen) atoms. The van der Waals surface area contributed by atoms with E-state index in [4.69, 9.17) is 0 Å². The summed E-state index contributed by atoms with van der Waals surface area (Å²) >= 11 is 1.89. The van der Waals surface area contributed by atoms with Crippen molar-refractivity contribution in [2.24, 2.45) is 0 Å². The van der Waals surface area contributed by atoms with Gasteiger partial charge >= 0.3 is 0 Å². The minimum atomic E-state index is 1.19. The summed E-state index contributed by atoms with van der Waals surface area (Å²) in [4.78, 5) is 2.48. The summed E-state index contributed by atoms with van der Waals surface area (Å²) in [7, 11) is 0. The molecule has 0 unspecified atom stereocenters. The van der Waals surface area contributed by atoms with Crippen molar-refractivity contribution < 1.29 is 0 Å². The van der Waals surface area contributed by atoms with Crippen LogP contribution in [0.4, 0.5) is 17.1 Å². The summed E-state index contributed by atoms with van der Waals surface area (Å²) in [6.07, 6.45) is 0. The van der Waals surface area contributed by atoms with E-state index in [2.05, 4.69) is 144 Å². The van der Waals surface area contributed by atoms with Gasteiger partial charge in [-0.1, -0.05) is 115 Å². The maximum atomic E-state index is 2.48. The van der Waals surface area contributed by atoms with E-state index in [1.54, 1.807) is 0 Å². The minimum absolute atomic E-state index is 1.19. The highest BCUT2D eigenvalue weighted by molar-refractivity contribution is 7.26. The number of hydrogen-bond acceptors (Lipinski definition) is 2. The van der Waals surface area contributed by atoms with Crippen LogP contribution in [0.3, 0.4) is 0 Å². The highest BCUT2D eigenvalue weighted by Crippen LogP contribution is 2.48. The lowest BCUT2D eigenvalue weighted by atomic mass is 10.0. The van der Waals surface area contributed by atoms with Gasteiger partial charge < -0.3 is 4.90 Å². The molecule has 1 nitrogen and oxygen atoms in total. The Labute approximate surface area is 224 Å². The van der Waals surface area contributed by atoms with Crippen LogP contribution >= 0.6 is 11.3 Å². The van der Waals surface area contributed by atoms with Gasteiger partial charge in [-0.3, -0.25) is 0 Å². The van der Waals surface area contributed by atoms with Gasteiger partial charge in [-0.25, -0.2) is 0 Å². The zero-order valence-electron chi connectivity index (χ0n) is 20.6. The molecule has 0 bridgehead atoms. The van der Waals surface area contributed by atoms with Gasteiger partial charge in [0.15, 0.2) is 0 Å². The molecule has 1 aromatic heterocycles. The molecule has 0 N–H and O–H groups in total. The van der Waals surface area contributed by atoms with Gasteiger partial charge in [0.2, 0.25) is 0 Å². The third-order valence-corrected chi connectivity index (χ3v) is 8.83. The summed E-state index contributed by atoms with van der Waals surface area (Å²) in [5, 5.41) is 10.2. The molecule has 0 amide bonds. The van der Waals surface area contributed by atoms with Crippen molar-refractivity contribution in [3.63, 3.8) is 0 Å². The average Bonchev–Trinajstić information content (AvgIpc) is 3.38. The smallest absolute Gasteiger partial charge is 0.0555 e. The zero-order chi connectivity index (χ0) is 25.1. The van der Waals surface area contributed by atoms with Gasteiger partial charge in [0.25, 0.3) is 0 Å². The molecule has 178 valence electrons. The fraction of sp³-hybridized carbons (Fsp3) is 0. The Morgan fingerprint density at radius 1 is 0.368 bits per heavy atom. The van der Waals surface area contributed by atoms with Gasteiger partial charge in [0.1, 0.15) is 0 Å². The predicted octanol–water partition coefficient (Wildman–Crippen LogP) is 11.0. The van der Waals surface area contributed by atoms with Crippen LogP contribution in [0, 0.1) is 0 Å². The largest absolute Gasteiger partial charge is 0.309 e. The van der Waals surface area contributed by atoms with E-state index in [0.717, 1.165) is 0 Å². The Kier molecular flexibility index (Phi) is 4.76. The van der Waals surface area contributed by atoms with Crippen LogP contribution in [0.1, 0.15) is 0 Å². The lowest BCUT2D eigenvalue weighted by Gasteiger charge is -2.29. The third kappa shape index (κ3) is 3.17. The van der Waals surface area contributed by atoms with E-state index in [1.807, 2.05) is 11.3 Å². The molecule has 0 radical (unpaired) electrons. The topological polar surface area (TPSA) is 3.24 Å². The Balaban J connectivity index is 1.53. The van der Waals surface area contributed by atoms with Gasteiger partial charge in [-0.2, -0.15) is 0 Å². The number of nitrogens with zero attached hydrogens (tertiary/aromatic N) is 1. The molecular formula is C36H23NS. The van der Waals surface area contributed by atoms with Crippen molar-refractivity contribution >= 4 is 80.9 Å². The first-order valence-electron chi connectivity index (χ1n) is 13.0. The first kappa shape index (κ1) is 21.4. The summed E-state index contributed by atoms with van der Waals surface area (Å²) in [5.74, 6) is 0. The lowest BCUT2D eigenvalue weighted by molar-refractivity contribution is 1.33. The van der Waals surface area contributed by atoms with E-state index >= 15 is 0 Å². The second kappa shape index (κ2) is 8.44. The normalized spacial score (nSPS) is 11.7. The molecule has 1 heterocycles. The molecular weight excluding hydrogens is 478 g/mol. The first-order chi connectivity index (χ1) is 18.9. The van der Waals surface area contributed by atoms with Gasteiger partial charge in [0.05, 0.1) is 17.1 Å². The predicted molar refractivity (Wildman–Crippen MR) is 167 cm³/mol. The molecule has 7 aromatic carbocycles. The highest BCUT2D eigenvalue weighted by atomic mass is 32.1. The maximum Gasteiger partial charge on any atom is 0.0555 e. The SMILES string of the molecule is c1ccc2c(N(c3cccc4ccccc34)c3cccc4sc5c6ccccc6ccc5c34)cccc2c1. The van der Waals surface area contributed by atoms with E-state index in [0.29, 0.717) is 0 Å². The number of benzene rings is 7. The number of anilines is 3. The van der Waals surface area contributed by atoms with Gasteiger partial charge in [-0.15, -0.1) is 11.3 Å². The third-order valence-electron chi connectivity index (χ3n) is 7.62. The average molecular weight is 502 g/mol. The first-order valence-corrected chi connectivity index (χ1v) is 13.8. The van der Waals surface area contributed by atoms with Crippen LogP contribution in [0.5, 0.6) is 0 Å². The van der Waals surface area contributed by atoms with E-state index in [9.17, 15) is 0 Å². The molecule has 8 rings (SSSR count). The van der Waals surface area contributed by atoms with Crippen LogP contribution in [0.25, 0.3) is 52.5 Å². The molecule has 8 aromatic rings.